The molecule has 1 aliphatic rings. The van der Waals surface area contributed by atoms with Gasteiger partial charge in [-0.2, -0.15) is 0 Å². The van der Waals surface area contributed by atoms with Gasteiger partial charge in [0.15, 0.2) is 4.32 Å². The first-order chi connectivity index (χ1) is 16.6. The van der Waals surface area contributed by atoms with Crippen LogP contribution in [0.5, 0.6) is 23.0 Å². The van der Waals surface area contributed by atoms with Crippen molar-refractivity contribution in [2.24, 2.45) is 0 Å². The highest BCUT2D eigenvalue weighted by Gasteiger charge is 2.33. The Morgan fingerprint density at radius 2 is 1.24 bits per heavy atom. The predicted molar refractivity (Wildman–Crippen MR) is 139 cm³/mol. The SMILES string of the molecule is COc1ccc(OCCOc2ccc(C=C3SC(=S)N(c4ccc(OC)cc4)C3=O)cc2)cc1. The fraction of sp³-hybridized carbons (Fsp3) is 0.154. The van der Waals surface area contributed by atoms with Crippen LogP contribution < -0.4 is 23.8 Å². The van der Waals surface area contributed by atoms with Crippen molar-refractivity contribution in [3.8, 4) is 23.0 Å². The Bertz CT molecular complexity index is 1180. The maximum Gasteiger partial charge on any atom is 0.270 e. The molecule has 0 unspecified atom stereocenters. The van der Waals surface area contributed by atoms with Crippen LogP contribution in [0.3, 0.4) is 0 Å². The molecule has 1 aliphatic heterocycles. The lowest BCUT2D eigenvalue weighted by molar-refractivity contribution is -0.113. The summed E-state index contributed by atoms with van der Waals surface area (Å²) in [5, 5.41) is 0. The van der Waals surface area contributed by atoms with Gasteiger partial charge in [0.2, 0.25) is 0 Å². The van der Waals surface area contributed by atoms with E-state index in [4.69, 9.17) is 31.2 Å². The molecule has 1 saturated heterocycles. The maximum atomic E-state index is 12.9. The van der Waals surface area contributed by atoms with E-state index in [1.54, 1.807) is 26.4 Å². The summed E-state index contributed by atoms with van der Waals surface area (Å²) >= 11 is 6.72. The summed E-state index contributed by atoms with van der Waals surface area (Å²) in [5.41, 5.74) is 1.60. The molecule has 0 N–H and O–H groups in total. The smallest absolute Gasteiger partial charge is 0.270 e. The van der Waals surface area contributed by atoms with E-state index in [9.17, 15) is 4.79 Å². The molecule has 3 aromatic carbocycles. The van der Waals surface area contributed by atoms with E-state index in [1.807, 2.05) is 66.7 Å². The van der Waals surface area contributed by atoms with Gasteiger partial charge in [0.1, 0.15) is 36.2 Å². The van der Waals surface area contributed by atoms with Gasteiger partial charge < -0.3 is 18.9 Å². The molecular weight excluding hydrogens is 470 g/mol. The first kappa shape index (κ1) is 23.7. The van der Waals surface area contributed by atoms with Gasteiger partial charge in [-0.15, -0.1) is 0 Å². The van der Waals surface area contributed by atoms with Crippen molar-refractivity contribution in [1.82, 2.24) is 0 Å². The van der Waals surface area contributed by atoms with Crippen LogP contribution in [0.15, 0.2) is 77.7 Å². The Morgan fingerprint density at radius 1 is 0.765 bits per heavy atom. The molecule has 0 aliphatic carbocycles. The number of ether oxygens (including phenoxy) is 4. The van der Waals surface area contributed by atoms with E-state index in [1.165, 1.54) is 16.7 Å². The fourth-order valence-electron chi connectivity index (χ4n) is 3.22. The second-order valence-electron chi connectivity index (χ2n) is 7.16. The number of benzene rings is 3. The number of anilines is 1. The maximum absolute atomic E-state index is 12.9. The van der Waals surface area contributed by atoms with Crippen molar-refractivity contribution in [2.45, 2.75) is 0 Å². The number of methoxy groups -OCH3 is 2. The van der Waals surface area contributed by atoms with Crippen LogP contribution in [0.1, 0.15) is 5.56 Å². The summed E-state index contributed by atoms with van der Waals surface area (Å²) in [4.78, 5) is 15.0. The molecule has 3 aromatic rings. The summed E-state index contributed by atoms with van der Waals surface area (Å²) in [6.45, 7) is 0.827. The Morgan fingerprint density at radius 3 is 1.76 bits per heavy atom. The van der Waals surface area contributed by atoms with Gasteiger partial charge in [0.05, 0.1) is 24.8 Å². The quantitative estimate of drug-likeness (QED) is 0.219. The molecule has 0 spiro atoms. The fourth-order valence-corrected chi connectivity index (χ4v) is 4.52. The largest absolute Gasteiger partial charge is 0.497 e. The van der Waals surface area contributed by atoms with Crippen molar-refractivity contribution in [3.63, 3.8) is 0 Å². The van der Waals surface area contributed by atoms with Crippen molar-refractivity contribution >= 4 is 46.0 Å². The predicted octanol–water partition coefficient (Wildman–Crippen LogP) is 5.57. The Labute approximate surface area is 208 Å². The molecule has 0 atom stereocenters. The molecule has 34 heavy (non-hydrogen) atoms. The number of carbonyl (C=O) groups is 1. The summed E-state index contributed by atoms with van der Waals surface area (Å²) in [5.74, 6) is 2.84. The lowest BCUT2D eigenvalue weighted by atomic mass is 10.2. The van der Waals surface area contributed by atoms with E-state index in [-0.39, 0.29) is 5.91 Å². The van der Waals surface area contributed by atoms with Crippen LogP contribution in [0.4, 0.5) is 5.69 Å². The third kappa shape index (κ3) is 5.70. The molecule has 174 valence electrons. The first-order valence-electron chi connectivity index (χ1n) is 10.5. The van der Waals surface area contributed by atoms with Crippen molar-refractivity contribution in [2.75, 3.05) is 32.3 Å². The van der Waals surface area contributed by atoms with Gasteiger partial charge in [-0.3, -0.25) is 9.69 Å². The number of rotatable bonds is 9. The minimum Gasteiger partial charge on any atom is -0.497 e. The highest BCUT2D eigenvalue weighted by Crippen LogP contribution is 2.36. The van der Waals surface area contributed by atoms with Crippen molar-refractivity contribution in [1.29, 1.82) is 0 Å². The zero-order valence-corrected chi connectivity index (χ0v) is 20.4. The summed E-state index contributed by atoms with van der Waals surface area (Å²) in [7, 11) is 3.23. The van der Waals surface area contributed by atoms with E-state index in [0.29, 0.717) is 28.1 Å². The zero-order chi connectivity index (χ0) is 23.9. The molecule has 0 bridgehead atoms. The van der Waals surface area contributed by atoms with Gasteiger partial charge in [0, 0.05) is 0 Å². The average Bonchev–Trinajstić information content (AvgIpc) is 3.15. The second kappa shape index (κ2) is 11.1. The van der Waals surface area contributed by atoms with Gasteiger partial charge in [-0.05, 0) is 72.3 Å². The standard InChI is InChI=1S/C26H23NO5S2/c1-29-20-9-5-19(6-10-20)27-25(28)24(34-26(27)33)17-18-3-7-22(8-4-18)31-15-16-32-23-13-11-21(30-2)12-14-23/h3-14,17H,15-16H2,1-2H3. The summed E-state index contributed by atoms with van der Waals surface area (Å²) in [6.07, 6.45) is 1.83. The Balaban J connectivity index is 1.31. The molecule has 4 rings (SSSR count). The van der Waals surface area contributed by atoms with Gasteiger partial charge >= 0.3 is 0 Å². The van der Waals surface area contributed by atoms with Crippen LogP contribution in [0.25, 0.3) is 6.08 Å². The highest BCUT2D eigenvalue weighted by atomic mass is 32.2. The Hall–Kier alpha value is -3.49. The van der Waals surface area contributed by atoms with Crippen LogP contribution in [0.2, 0.25) is 0 Å². The van der Waals surface area contributed by atoms with Gasteiger partial charge in [0.25, 0.3) is 5.91 Å². The van der Waals surface area contributed by atoms with Crippen molar-refractivity contribution in [3.05, 3.63) is 83.3 Å². The van der Waals surface area contributed by atoms with E-state index in [2.05, 4.69) is 0 Å². The number of amides is 1. The first-order valence-corrected chi connectivity index (χ1v) is 11.7. The van der Waals surface area contributed by atoms with Crippen LogP contribution in [-0.2, 0) is 4.79 Å². The molecule has 1 fully saturated rings. The summed E-state index contributed by atoms with van der Waals surface area (Å²) < 4.78 is 22.2. The zero-order valence-electron chi connectivity index (χ0n) is 18.7. The minimum absolute atomic E-state index is 0.142. The molecule has 0 saturated carbocycles. The summed E-state index contributed by atoms with van der Waals surface area (Å²) in [6, 6.07) is 22.2. The lowest BCUT2D eigenvalue weighted by Crippen LogP contribution is -2.27. The van der Waals surface area contributed by atoms with Gasteiger partial charge in [-0.1, -0.05) is 36.1 Å². The molecule has 8 heteroatoms. The number of nitrogens with zero attached hydrogens (tertiary/aromatic N) is 1. The third-order valence-corrected chi connectivity index (χ3v) is 6.28. The van der Waals surface area contributed by atoms with Crippen molar-refractivity contribution < 1.29 is 23.7 Å². The lowest BCUT2D eigenvalue weighted by Gasteiger charge is -2.14. The molecule has 0 radical (unpaired) electrons. The molecule has 1 amide bonds. The molecule has 6 nitrogen and oxygen atoms in total. The third-order valence-electron chi connectivity index (χ3n) is 4.98. The number of thiocarbonyl (C=S) groups is 1. The van der Waals surface area contributed by atoms with E-state index in [0.717, 1.165) is 28.6 Å². The minimum atomic E-state index is -0.142. The highest BCUT2D eigenvalue weighted by molar-refractivity contribution is 8.27. The normalized spacial score (nSPS) is 14.4. The monoisotopic (exact) mass is 493 g/mol. The number of hydrogen-bond donors (Lipinski definition) is 0. The van der Waals surface area contributed by atoms with Crippen LogP contribution in [-0.4, -0.2) is 37.7 Å². The molecular formula is C26H23NO5S2. The van der Waals surface area contributed by atoms with E-state index >= 15 is 0 Å². The average molecular weight is 494 g/mol. The molecule has 0 aromatic heterocycles. The Kier molecular flexibility index (Phi) is 7.72. The van der Waals surface area contributed by atoms with Gasteiger partial charge in [-0.25, -0.2) is 0 Å². The van der Waals surface area contributed by atoms with Crippen LogP contribution >= 0.6 is 24.0 Å². The molecule has 1 heterocycles. The number of carbonyl (C=O) groups excluding carboxylic acids is 1. The van der Waals surface area contributed by atoms with E-state index < -0.39 is 0 Å². The second-order valence-corrected chi connectivity index (χ2v) is 8.83. The van der Waals surface area contributed by atoms with Crippen LogP contribution in [0, 0.1) is 0 Å². The number of hydrogen-bond acceptors (Lipinski definition) is 7. The topological polar surface area (TPSA) is 57.2 Å². The number of thioether (sulfide) groups is 1.